The second kappa shape index (κ2) is 6.40. The smallest absolute Gasteiger partial charge is 0.244 e. The molecule has 0 saturated carbocycles. The zero-order valence-electron chi connectivity index (χ0n) is 12.1. The highest BCUT2D eigenvalue weighted by Crippen LogP contribution is 2.28. The Morgan fingerprint density at radius 3 is 2.10 bits per heavy atom. The highest BCUT2D eigenvalue weighted by molar-refractivity contribution is 5.83. The molecule has 3 nitrogen and oxygen atoms in total. The molecule has 0 spiro atoms. The Morgan fingerprint density at radius 1 is 0.850 bits per heavy atom. The van der Waals surface area contributed by atoms with Crippen molar-refractivity contribution in [2.45, 2.75) is 38.1 Å². The molecule has 3 heteroatoms. The average Bonchev–Trinajstić information content (AvgIpc) is 3.03. The largest absolute Gasteiger partial charge is 0.341 e. The summed E-state index contributed by atoms with van der Waals surface area (Å²) < 4.78 is 0. The van der Waals surface area contributed by atoms with Gasteiger partial charge in [0.15, 0.2) is 0 Å². The fraction of sp³-hybridized carbons (Fsp3) is 0.588. The molecule has 20 heavy (non-hydrogen) atoms. The Bertz CT molecular complexity index is 434. The summed E-state index contributed by atoms with van der Waals surface area (Å²) in [6, 6.07) is 10.3. The third kappa shape index (κ3) is 2.88. The molecule has 0 N–H and O–H groups in total. The van der Waals surface area contributed by atoms with Gasteiger partial charge in [-0.1, -0.05) is 30.3 Å². The van der Waals surface area contributed by atoms with Gasteiger partial charge < -0.3 is 4.90 Å². The molecule has 0 radical (unpaired) electrons. The van der Waals surface area contributed by atoms with Gasteiger partial charge in [-0.2, -0.15) is 0 Å². The van der Waals surface area contributed by atoms with E-state index in [0.29, 0.717) is 5.91 Å². The third-order valence-electron chi connectivity index (χ3n) is 4.52. The summed E-state index contributed by atoms with van der Waals surface area (Å²) in [6.45, 7) is 3.99. The molecular weight excluding hydrogens is 248 g/mol. The minimum atomic E-state index is -0.0585. The number of hydrogen-bond donors (Lipinski definition) is 0. The lowest BCUT2D eigenvalue weighted by atomic mass is 10.0. The zero-order valence-corrected chi connectivity index (χ0v) is 12.1. The van der Waals surface area contributed by atoms with Crippen LogP contribution in [0.3, 0.4) is 0 Å². The van der Waals surface area contributed by atoms with E-state index < -0.39 is 0 Å². The van der Waals surface area contributed by atoms with Crippen LogP contribution in [0.2, 0.25) is 0 Å². The van der Waals surface area contributed by atoms with Gasteiger partial charge in [-0.25, -0.2) is 0 Å². The van der Waals surface area contributed by atoms with Crippen LogP contribution < -0.4 is 0 Å². The van der Waals surface area contributed by atoms with Crippen molar-refractivity contribution in [3.05, 3.63) is 35.9 Å². The molecule has 3 rings (SSSR count). The molecule has 1 aromatic rings. The van der Waals surface area contributed by atoms with Gasteiger partial charge in [-0.05, 0) is 50.8 Å². The van der Waals surface area contributed by atoms with Crippen LogP contribution in [0.15, 0.2) is 30.3 Å². The summed E-state index contributed by atoms with van der Waals surface area (Å²) in [7, 11) is 0. The maximum absolute atomic E-state index is 13.0. The van der Waals surface area contributed by atoms with Crippen LogP contribution in [-0.4, -0.2) is 41.9 Å². The summed E-state index contributed by atoms with van der Waals surface area (Å²) in [5.41, 5.74) is 1.16. The third-order valence-corrected chi connectivity index (χ3v) is 4.52. The van der Waals surface area contributed by atoms with Crippen LogP contribution in [-0.2, 0) is 4.79 Å². The maximum atomic E-state index is 13.0. The van der Waals surface area contributed by atoms with Gasteiger partial charge in [0.1, 0.15) is 6.04 Å². The number of nitrogens with zero attached hydrogens (tertiary/aromatic N) is 2. The molecule has 2 fully saturated rings. The van der Waals surface area contributed by atoms with E-state index in [2.05, 4.69) is 21.9 Å². The van der Waals surface area contributed by atoms with Gasteiger partial charge in [0.25, 0.3) is 0 Å². The van der Waals surface area contributed by atoms with E-state index in [4.69, 9.17) is 0 Å². The number of hydrogen-bond acceptors (Lipinski definition) is 2. The number of carbonyl (C=O) groups excluding carboxylic acids is 1. The second-order valence-corrected chi connectivity index (χ2v) is 5.94. The van der Waals surface area contributed by atoms with E-state index in [1.165, 1.54) is 19.3 Å². The van der Waals surface area contributed by atoms with Crippen molar-refractivity contribution in [2.75, 3.05) is 26.2 Å². The van der Waals surface area contributed by atoms with Crippen molar-refractivity contribution < 1.29 is 4.79 Å². The fourth-order valence-electron chi connectivity index (χ4n) is 3.43. The molecule has 0 bridgehead atoms. The van der Waals surface area contributed by atoms with Crippen molar-refractivity contribution in [2.24, 2.45) is 0 Å². The zero-order chi connectivity index (χ0) is 13.8. The van der Waals surface area contributed by atoms with E-state index in [1.54, 1.807) is 0 Å². The first kappa shape index (κ1) is 13.6. The highest BCUT2D eigenvalue weighted by atomic mass is 16.2. The van der Waals surface area contributed by atoms with Crippen LogP contribution in [0.5, 0.6) is 0 Å². The van der Waals surface area contributed by atoms with E-state index in [1.807, 2.05) is 18.2 Å². The first-order valence-electron chi connectivity index (χ1n) is 7.94. The van der Waals surface area contributed by atoms with E-state index in [-0.39, 0.29) is 6.04 Å². The standard InChI is InChI=1S/C17H24N2O/c20-17(19-13-5-2-6-14-19)16(18-11-7-8-12-18)15-9-3-1-4-10-15/h1,3-4,9-10,16H,2,5-8,11-14H2/t16-/m1/s1. The summed E-state index contributed by atoms with van der Waals surface area (Å²) in [5.74, 6) is 0.317. The summed E-state index contributed by atoms with van der Waals surface area (Å²) in [4.78, 5) is 17.4. The Kier molecular flexibility index (Phi) is 4.36. The fourth-order valence-corrected chi connectivity index (χ4v) is 3.43. The average molecular weight is 272 g/mol. The molecule has 2 aliphatic rings. The topological polar surface area (TPSA) is 23.6 Å². The van der Waals surface area contributed by atoms with Gasteiger partial charge in [0.05, 0.1) is 0 Å². The van der Waals surface area contributed by atoms with E-state index >= 15 is 0 Å². The quantitative estimate of drug-likeness (QED) is 0.844. The number of rotatable bonds is 3. The van der Waals surface area contributed by atoms with Gasteiger partial charge in [-0.15, -0.1) is 0 Å². The monoisotopic (exact) mass is 272 g/mol. The number of benzene rings is 1. The molecule has 1 atom stereocenters. The lowest BCUT2D eigenvalue weighted by Gasteiger charge is -2.34. The Labute approximate surface area is 121 Å². The van der Waals surface area contributed by atoms with Gasteiger partial charge in [0.2, 0.25) is 5.91 Å². The Balaban J connectivity index is 1.82. The number of piperidine rings is 1. The van der Waals surface area contributed by atoms with Crippen molar-refractivity contribution in [1.82, 2.24) is 9.80 Å². The Morgan fingerprint density at radius 2 is 1.45 bits per heavy atom. The first-order chi connectivity index (χ1) is 9.86. The van der Waals surface area contributed by atoms with Crippen molar-refractivity contribution in [1.29, 1.82) is 0 Å². The summed E-state index contributed by atoms with van der Waals surface area (Å²) in [5, 5.41) is 0. The van der Waals surface area contributed by atoms with E-state index in [0.717, 1.165) is 44.6 Å². The van der Waals surface area contributed by atoms with E-state index in [9.17, 15) is 4.79 Å². The van der Waals surface area contributed by atoms with Gasteiger partial charge in [-0.3, -0.25) is 9.69 Å². The molecule has 0 unspecified atom stereocenters. The molecule has 2 aliphatic heterocycles. The van der Waals surface area contributed by atoms with Crippen LogP contribution >= 0.6 is 0 Å². The highest BCUT2D eigenvalue weighted by Gasteiger charge is 2.33. The number of likely N-dealkylation sites (tertiary alicyclic amines) is 2. The summed E-state index contributed by atoms with van der Waals surface area (Å²) in [6.07, 6.45) is 6.03. The molecule has 108 valence electrons. The molecular formula is C17H24N2O. The van der Waals surface area contributed by atoms with Crippen LogP contribution in [0.4, 0.5) is 0 Å². The minimum Gasteiger partial charge on any atom is -0.341 e. The SMILES string of the molecule is O=C([C@@H](c1ccccc1)N1CCCC1)N1CCCCC1. The molecule has 1 aromatic carbocycles. The minimum absolute atomic E-state index is 0.0585. The van der Waals surface area contributed by atoms with Crippen LogP contribution in [0.25, 0.3) is 0 Å². The lowest BCUT2D eigenvalue weighted by molar-refractivity contribution is -0.137. The second-order valence-electron chi connectivity index (χ2n) is 5.94. The normalized spacial score (nSPS) is 21.9. The maximum Gasteiger partial charge on any atom is 0.244 e. The molecule has 1 amide bonds. The molecule has 0 aliphatic carbocycles. The predicted octanol–water partition coefficient (Wildman–Crippen LogP) is 2.84. The van der Waals surface area contributed by atoms with Crippen molar-refractivity contribution in [3.63, 3.8) is 0 Å². The lowest BCUT2D eigenvalue weighted by Crippen LogP contribution is -2.44. The Hall–Kier alpha value is -1.35. The van der Waals surface area contributed by atoms with Crippen molar-refractivity contribution >= 4 is 5.91 Å². The first-order valence-corrected chi connectivity index (χ1v) is 7.94. The van der Waals surface area contributed by atoms with Crippen molar-refractivity contribution in [3.8, 4) is 0 Å². The van der Waals surface area contributed by atoms with Crippen LogP contribution in [0, 0.1) is 0 Å². The van der Waals surface area contributed by atoms with Gasteiger partial charge >= 0.3 is 0 Å². The van der Waals surface area contributed by atoms with Crippen LogP contribution in [0.1, 0.15) is 43.7 Å². The molecule has 2 saturated heterocycles. The summed E-state index contributed by atoms with van der Waals surface area (Å²) >= 11 is 0. The van der Waals surface area contributed by atoms with Gasteiger partial charge in [0, 0.05) is 13.1 Å². The number of carbonyl (C=O) groups is 1. The predicted molar refractivity (Wildman–Crippen MR) is 80.4 cm³/mol. The molecule has 0 aromatic heterocycles. The molecule has 2 heterocycles. The number of amides is 1.